The van der Waals surface area contributed by atoms with Crippen molar-refractivity contribution in [1.82, 2.24) is 4.98 Å². The van der Waals surface area contributed by atoms with Crippen LogP contribution < -0.4 is 0 Å². The molecule has 0 spiro atoms. The average Bonchev–Trinajstić information content (AvgIpc) is 3.09. The summed E-state index contributed by atoms with van der Waals surface area (Å²) in [7, 11) is -2.00. The number of H-pyrrole nitrogens is 1. The number of aryl methyl sites for hydroxylation is 1. The lowest BCUT2D eigenvalue weighted by Gasteiger charge is -2.45. The number of hydrogen-bond donors (Lipinski definition) is 1. The molecule has 0 radical (unpaired) electrons. The fourth-order valence-corrected chi connectivity index (χ4v) is 10.8. The Morgan fingerprint density at radius 1 is 0.828 bits per heavy atom. The zero-order valence-corrected chi connectivity index (χ0v) is 20.1. The summed E-state index contributed by atoms with van der Waals surface area (Å²) in [6.45, 7) is 16.4. The first-order chi connectivity index (χ1) is 13.8. The van der Waals surface area contributed by atoms with Crippen molar-refractivity contribution in [3.63, 3.8) is 0 Å². The molecule has 0 aliphatic rings. The minimum atomic E-state index is -2.00. The van der Waals surface area contributed by atoms with Crippen molar-refractivity contribution >= 4 is 19.2 Å². The van der Waals surface area contributed by atoms with Gasteiger partial charge in [-0.3, -0.25) is 0 Å². The van der Waals surface area contributed by atoms with Crippen LogP contribution in [0.25, 0.3) is 10.9 Å². The van der Waals surface area contributed by atoms with E-state index in [2.05, 4.69) is 108 Å². The number of benzene rings is 2. The van der Waals surface area contributed by atoms with Crippen molar-refractivity contribution in [2.45, 2.75) is 77.6 Å². The van der Waals surface area contributed by atoms with E-state index in [0.717, 1.165) is 6.42 Å². The van der Waals surface area contributed by atoms with Crippen molar-refractivity contribution < 1.29 is 4.43 Å². The van der Waals surface area contributed by atoms with Crippen molar-refractivity contribution in [2.75, 3.05) is 0 Å². The monoisotopic (exact) mass is 407 g/mol. The zero-order valence-electron chi connectivity index (χ0n) is 19.1. The van der Waals surface area contributed by atoms with Crippen LogP contribution >= 0.6 is 0 Å². The van der Waals surface area contributed by atoms with Gasteiger partial charge in [-0.1, -0.05) is 90.1 Å². The minimum Gasteiger partial charge on any atom is -0.409 e. The molecule has 0 saturated heterocycles. The van der Waals surface area contributed by atoms with Gasteiger partial charge >= 0.3 is 0 Å². The number of rotatable bonds is 8. The molecule has 0 unspecified atom stereocenters. The molecule has 3 rings (SSSR count). The van der Waals surface area contributed by atoms with Gasteiger partial charge < -0.3 is 9.41 Å². The number of para-hydroxylation sites is 1. The highest BCUT2D eigenvalue weighted by Crippen LogP contribution is 2.46. The fraction of sp³-hybridized carbons (Fsp3) is 0.462. The highest BCUT2D eigenvalue weighted by Gasteiger charge is 2.46. The van der Waals surface area contributed by atoms with Gasteiger partial charge in [0, 0.05) is 23.5 Å². The third kappa shape index (κ3) is 4.22. The summed E-state index contributed by atoms with van der Waals surface area (Å²) in [5.74, 6) is 0. The summed E-state index contributed by atoms with van der Waals surface area (Å²) in [5.41, 5.74) is 6.87. The van der Waals surface area contributed by atoms with Crippen LogP contribution in [0.3, 0.4) is 0 Å². The van der Waals surface area contributed by atoms with Crippen LogP contribution in [0, 0.1) is 6.92 Å². The molecule has 3 aromatic rings. The summed E-state index contributed by atoms with van der Waals surface area (Å²) in [5, 5.41) is 1.32. The first-order valence-corrected chi connectivity index (χ1v) is 13.2. The molecular weight excluding hydrogens is 370 g/mol. The number of aromatic nitrogens is 1. The molecule has 2 aromatic carbocycles. The Morgan fingerprint density at radius 3 is 2.03 bits per heavy atom. The molecule has 2 nitrogen and oxygen atoms in total. The number of nitrogens with one attached hydrogen (secondary N) is 1. The fourth-order valence-electron chi connectivity index (χ4n) is 5.28. The van der Waals surface area contributed by atoms with E-state index in [4.69, 9.17) is 4.43 Å². The molecule has 29 heavy (non-hydrogen) atoms. The average molecular weight is 408 g/mol. The van der Waals surface area contributed by atoms with E-state index in [0.29, 0.717) is 16.6 Å². The van der Waals surface area contributed by atoms with Gasteiger partial charge in [0.05, 0.1) is 6.10 Å². The SMILES string of the molecule is Cc1cccc2c(C[C@H](O[Si](C(C)C)(C(C)C)C(C)C)c3ccccc3)c[nH]c12. The molecule has 3 heteroatoms. The molecule has 0 bridgehead atoms. The van der Waals surface area contributed by atoms with Crippen molar-refractivity contribution in [3.8, 4) is 0 Å². The Bertz CT molecular complexity index is 905. The van der Waals surface area contributed by atoms with Crippen LogP contribution in [0.4, 0.5) is 0 Å². The normalized spacial score (nSPS) is 13.7. The predicted molar refractivity (Wildman–Crippen MR) is 128 cm³/mol. The second-order valence-corrected chi connectivity index (χ2v) is 14.8. The zero-order chi connectivity index (χ0) is 21.2. The predicted octanol–water partition coefficient (Wildman–Crippen LogP) is 7.95. The van der Waals surface area contributed by atoms with Crippen LogP contribution in [0.5, 0.6) is 0 Å². The van der Waals surface area contributed by atoms with Gasteiger partial charge in [-0.2, -0.15) is 0 Å². The number of fused-ring (bicyclic) bond motifs is 1. The maximum Gasteiger partial charge on any atom is 0.201 e. The molecule has 1 atom stereocenters. The lowest BCUT2D eigenvalue weighted by Crippen LogP contribution is -2.48. The highest BCUT2D eigenvalue weighted by atomic mass is 28.4. The van der Waals surface area contributed by atoms with E-state index in [1.807, 2.05) is 0 Å². The molecule has 1 N–H and O–H groups in total. The van der Waals surface area contributed by atoms with Gasteiger partial charge in [0.25, 0.3) is 0 Å². The topological polar surface area (TPSA) is 25.0 Å². The summed E-state index contributed by atoms with van der Waals surface area (Å²) in [6, 6.07) is 17.4. The Labute approximate surface area is 177 Å². The van der Waals surface area contributed by atoms with Gasteiger partial charge in [-0.15, -0.1) is 0 Å². The Balaban J connectivity index is 2.04. The number of hydrogen-bond acceptors (Lipinski definition) is 1. The van der Waals surface area contributed by atoms with E-state index in [1.165, 1.54) is 27.6 Å². The van der Waals surface area contributed by atoms with Crippen LogP contribution in [0.2, 0.25) is 16.6 Å². The van der Waals surface area contributed by atoms with E-state index < -0.39 is 8.32 Å². The second kappa shape index (κ2) is 8.89. The van der Waals surface area contributed by atoms with Crippen molar-refractivity contribution in [3.05, 3.63) is 71.4 Å². The van der Waals surface area contributed by atoms with Crippen LogP contribution in [-0.2, 0) is 10.8 Å². The third-order valence-electron chi connectivity index (χ3n) is 6.64. The van der Waals surface area contributed by atoms with E-state index in [9.17, 15) is 0 Å². The standard InChI is InChI=1S/C26H37NOSi/c1-18(2)29(19(3)4,20(5)6)28-25(22-13-9-8-10-14-22)16-23-17-27-26-21(7)12-11-15-24(23)26/h8-15,17-20,25,27H,16H2,1-7H3/t25-/m0/s1. The largest absolute Gasteiger partial charge is 0.409 e. The molecule has 0 aliphatic carbocycles. The molecule has 1 heterocycles. The maximum atomic E-state index is 7.29. The molecule has 0 saturated carbocycles. The van der Waals surface area contributed by atoms with Crippen LogP contribution in [0.15, 0.2) is 54.7 Å². The van der Waals surface area contributed by atoms with E-state index in [1.54, 1.807) is 0 Å². The first kappa shape index (κ1) is 21.9. The quantitative estimate of drug-likeness (QED) is 0.376. The van der Waals surface area contributed by atoms with Crippen molar-refractivity contribution in [1.29, 1.82) is 0 Å². The van der Waals surface area contributed by atoms with Gasteiger partial charge in [-0.25, -0.2) is 0 Å². The first-order valence-electron chi connectivity index (χ1n) is 11.1. The summed E-state index contributed by atoms with van der Waals surface area (Å²) >= 11 is 0. The minimum absolute atomic E-state index is 0.0783. The lowest BCUT2D eigenvalue weighted by molar-refractivity contribution is 0.176. The lowest BCUT2D eigenvalue weighted by atomic mass is 10.0. The Hall–Kier alpha value is -1.84. The maximum absolute atomic E-state index is 7.29. The summed E-state index contributed by atoms with van der Waals surface area (Å²) in [6.07, 6.45) is 3.16. The summed E-state index contributed by atoms with van der Waals surface area (Å²) < 4.78 is 7.29. The Kier molecular flexibility index (Phi) is 6.70. The molecule has 1 aromatic heterocycles. The summed E-state index contributed by atoms with van der Waals surface area (Å²) in [4.78, 5) is 3.50. The molecule has 0 fully saturated rings. The molecule has 156 valence electrons. The molecular formula is C26H37NOSi. The second-order valence-electron chi connectivity index (χ2n) is 9.35. The smallest absolute Gasteiger partial charge is 0.201 e. The highest BCUT2D eigenvalue weighted by molar-refractivity contribution is 6.77. The van der Waals surface area contributed by atoms with Crippen LogP contribution in [0.1, 0.15) is 64.3 Å². The van der Waals surface area contributed by atoms with E-state index in [-0.39, 0.29) is 6.10 Å². The molecule has 0 aliphatic heterocycles. The number of aromatic amines is 1. The van der Waals surface area contributed by atoms with Gasteiger partial charge in [0.2, 0.25) is 8.32 Å². The van der Waals surface area contributed by atoms with Gasteiger partial charge in [-0.05, 0) is 40.2 Å². The Morgan fingerprint density at radius 2 is 1.45 bits per heavy atom. The third-order valence-corrected chi connectivity index (χ3v) is 12.7. The van der Waals surface area contributed by atoms with Crippen LogP contribution in [-0.4, -0.2) is 13.3 Å². The van der Waals surface area contributed by atoms with Gasteiger partial charge in [0.1, 0.15) is 0 Å². The molecule has 0 amide bonds. The van der Waals surface area contributed by atoms with Gasteiger partial charge in [0.15, 0.2) is 0 Å². The van der Waals surface area contributed by atoms with Crippen molar-refractivity contribution in [2.24, 2.45) is 0 Å². The van der Waals surface area contributed by atoms with E-state index >= 15 is 0 Å².